The van der Waals surface area contributed by atoms with Gasteiger partial charge >= 0.3 is 18.4 Å². The number of aliphatic imine (C=N–C) groups is 1. The molecule has 2 rings (SSSR count). The Labute approximate surface area is 210 Å². The summed E-state index contributed by atoms with van der Waals surface area (Å²) in [5.41, 5.74) is -0.897. The zero-order valence-corrected chi connectivity index (χ0v) is 19.8. The molecule has 8 nitrogen and oxygen atoms in total. The van der Waals surface area contributed by atoms with Gasteiger partial charge in [0.05, 0.1) is 17.7 Å². The lowest BCUT2D eigenvalue weighted by Gasteiger charge is -2.26. The number of hydrogen-bond acceptors (Lipinski definition) is 7. The van der Waals surface area contributed by atoms with Crippen LogP contribution < -0.4 is 21.1 Å². The highest BCUT2D eigenvalue weighted by Gasteiger charge is 2.41. The number of aliphatic hydroxyl groups excluding tert-OH is 1. The minimum atomic E-state index is -5.40. The lowest BCUT2D eigenvalue weighted by molar-refractivity contribution is -0.143. The zero-order chi connectivity index (χ0) is 28.1. The number of nitrogens with zero attached hydrogens (tertiary/aromatic N) is 2. The van der Waals surface area contributed by atoms with E-state index in [1.165, 1.54) is 7.05 Å². The van der Waals surface area contributed by atoms with Crippen LogP contribution in [0.5, 0.6) is 5.75 Å². The van der Waals surface area contributed by atoms with E-state index in [0.717, 1.165) is 25.4 Å². The summed E-state index contributed by atoms with van der Waals surface area (Å²) in [6.07, 6.45) is -9.87. The number of carbonyl (C=O) groups is 1. The van der Waals surface area contributed by atoms with Gasteiger partial charge in [0.1, 0.15) is 17.9 Å². The standard InChI is InChI=1S/C21H21ClF7N5O3/c1-31-16(35)9-32-8-10(7-30)12-5-11(20(24,25)26)6-13(21(27,28)29)17(12)37-19(36)34(2)15-4-3-14(23)18(22)33-15/h3-8,16,18,31,33,35H,9,30H2,1-2H3/b10-7+,32-8?. The second-order valence-electron chi connectivity index (χ2n) is 7.35. The maximum absolute atomic E-state index is 13.9. The number of likely N-dealkylation sites (N-methyl/N-ethyl adjacent to an activating group) is 1. The first-order chi connectivity index (χ1) is 17.1. The SMILES string of the molecule is CNC(O)CN=C/C(=C\N)c1cc(C(F)(F)F)cc(C(F)(F)F)c1OC(=O)N(C)C1=CC=C(F)C(Cl)N1. The van der Waals surface area contributed by atoms with E-state index >= 15 is 0 Å². The van der Waals surface area contributed by atoms with Crippen LogP contribution in [0.15, 0.2) is 47.1 Å². The number of benzene rings is 1. The number of nitrogens with one attached hydrogen (secondary N) is 2. The molecule has 0 aromatic heterocycles. The van der Waals surface area contributed by atoms with Gasteiger partial charge in [0.25, 0.3) is 0 Å². The molecular weight excluding hydrogens is 539 g/mol. The fraction of sp³-hybridized carbons (Fsp3) is 0.333. The molecule has 1 heterocycles. The van der Waals surface area contributed by atoms with Crippen molar-refractivity contribution in [2.24, 2.45) is 10.7 Å². The Balaban J connectivity index is 2.64. The molecule has 0 saturated carbocycles. The molecule has 1 aliphatic rings. The van der Waals surface area contributed by atoms with Crippen LogP contribution in [0.25, 0.3) is 5.57 Å². The lowest BCUT2D eigenvalue weighted by Crippen LogP contribution is -2.40. The van der Waals surface area contributed by atoms with Crippen LogP contribution in [-0.4, -0.2) is 54.7 Å². The zero-order valence-electron chi connectivity index (χ0n) is 19.1. The largest absolute Gasteiger partial charge is 0.420 e. The van der Waals surface area contributed by atoms with Crippen molar-refractivity contribution >= 4 is 29.5 Å². The van der Waals surface area contributed by atoms with Crippen LogP contribution >= 0.6 is 11.6 Å². The highest BCUT2D eigenvalue weighted by molar-refractivity contribution is 6.22. The molecule has 1 aromatic rings. The van der Waals surface area contributed by atoms with Gasteiger partial charge in [-0.2, -0.15) is 26.3 Å². The first kappa shape index (κ1) is 29.9. The van der Waals surface area contributed by atoms with Crippen molar-refractivity contribution in [2.45, 2.75) is 24.1 Å². The second kappa shape index (κ2) is 11.8. The normalized spacial score (nSPS) is 17.7. The molecule has 0 radical (unpaired) electrons. The van der Waals surface area contributed by atoms with Gasteiger partial charge in [-0.1, -0.05) is 11.6 Å². The summed E-state index contributed by atoms with van der Waals surface area (Å²) in [5.74, 6) is -2.28. The third-order valence-electron chi connectivity index (χ3n) is 4.80. The van der Waals surface area contributed by atoms with E-state index in [1.54, 1.807) is 0 Å². The van der Waals surface area contributed by atoms with Crippen molar-refractivity contribution < 1.29 is 45.4 Å². The van der Waals surface area contributed by atoms with Crippen molar-refractivity contribution in [3.63, 3.8) is 0 Å². The molecule has 37 heavy (non-hydrogen) atoms. The molecule has 1 aromatic carbocycles. The summed E-state index contributed by atoms with van der Waals surface area (Å²) < 4.78 is 100. The summed E-state index contributed by atoms with van der Waals surface area (Å²) >= 11 is 5.70. The molecule has 2 atom stereocenters. The lowest BCUT2D eigenvalue weighted by atomic mass is 9.98. The number of allylic oxidation sites excluding steroid dienone is 3. The Morgan fingerprint density at radius 3 is 2.46 bits per heavy atom. The van der Waals surface area contributed by atoms with E-state index in [0.29, 0.717) is 17.2 Å². The fourth-order valence-electron chi connectivity index (χ4n) is 2.82. The van der Waals surface area contributed by atoms with Crippen molar-refractivity contribution in [1.82, 2.24) is 15.5 Å². The molecule has 0 saturated heterocycles. The predicted molar refractivity (Wildman–Crippen MR) is 121 cm³/mol. The Hall–Kier alpha value is -3.30. The van der Waals surface area contributed by atoms with Gasteiger partial charge < -0.3 is 20.9 Å². The molecule has 204 valence electrons. The maximum Gasteiger partial charge on any atom is 0.420 e. The smallest absolute Gasteiger partial charge is 0.409 e. The van der Waals surface area contributed by atoms with Crippen molar-refractivity contribution in [1.29, 1.82) is 0 Å². The van der Waals surface area contributed by atoms with Gasteiger partial charge in [0.2, 0.25) is 0 Å². The van der Waals surface area contributed by atoms with Gasteiger partial charge in [-0.15, -0.1) is 0 Å². The van der Waals surface area contributed by atoms with Crippen LogP contribution in [0.4, 0.5) is 35.5 Å². The van der Waals surface area contributed by atoms with Crippen LogP contribution in [0, 0.1) is 0 Å². The van der Waals surface area contributed by atoms with Crippen molar-refractivity contribution in [3.05, 3.63) is 58.8 Å². The molecule has 1 aliphatic heterocycles. The van der Waals surface area contributed by atoms with Crippen molar-refractivity contribution in [3.8, 4) is 5.75 Å². The van der Waals surface area contributed by atoms with E-state index in [2.05, 4.69) is 15.6 Å². The van der Waals surface area contributed by atoms with E-state index in [4.69, 9.17) is 22.1 Å². The minimum absolute atomic E-state index is 0.175. The second-order valence-corrected chi connectivity index (χ2v) is 7.79. The Morgan fingerprint density at radius 2 is 1.95 bits per heavy atom. The Morgan fingerprint density at radius 1 is 1.30 bits per heavy atom. The van der Waals surface area contributed by atoms with Gasteiger partial charge in [-0.25, -0.2) is 9.18 Å². The van der Waals surface area contributed by atoms with E-state index < -0.39 is 64.0 Å². The van der Waals surface area contributed by atoms with Crippen LogP contribution in [0.2, 0.25) is 0 Å². The van der Waals surface area contributed by atoms with E-state index in [-0.39, 0.29) is 18.4 Å². The highest BCUT2D eigenvalue weighted by atomic mass is 35.5. The molecule has 2 unspecified atom stereocenters. The highest BCUT2D eigenvalue weighted by Crippen LogP contribution is 2.44. The number of rotatable bonds is 7. The molecule has 0 spiro atoms. The van der Waals surface area contributed by atoms with E-state index in [9.17, 15) is 40.6 Å². The summed E-state index contributed by atoms with van der Waals surface area (Å²) in [5, 5.41) is 14.3. The first-order valence-electron chi connectivity index (χ1n) is 10.1. The number of halogens is 8. The number of carbonyl (C=O) groups excluding carboxylic acids is 1. The van der Waals surface area contributed by atoms with Gasteiger partial charge in [0, 0.05) is 30.6 Å². The predicted octanol–water partition coefficient (Wildman–Crippen LogP) is 3.93. The molecule has 0 bridgehead atoms. The van der Waals surface area contributed by atoms with Gasteiger partial charge in [0.15, 0.2) is 11.3 Å². The number of alkyl halides is 7. The number of nitrogens with two attached hydrogens (primary N) is 1. The van der Waals surface area contributed by atoms with Crippen LogP contribution in [0.1, 0.15) is 16.7 Å². The molecule has 0 fully saturated rings. The monoisotopic (exact) mass is 559 g/mol. The maximum atomic E-state index is 13.9. The third kappa shape index (κ3) is 7.60. The van der Waals surface area contributed by atoms with E-state index in [1.807, 2.05) is 0 Å². The number of hydrogen-bond donors (Lipinski definition) is 4. The Bertz CT molecular complexity index is 1130. The number of amides is 1. The molecule has 1 amide bonds. The molecule has 16 heteroatoms. The molecule has 5 N–H and O–H groups in total. The number of ether oxygens (including phenoxy) is 1. The summed E-state index contributed by atoms with van der Waals surface area (Å²) in [4.78, 5) is 17.1. The van der Waals surface area contributed by atoms with Crippen molar-refractivity contribution in [2.75, 3.05) is 20.6 Å². The number of dihydropyridines is 1. The minimum Gasteiger partial charge on any atom is -0.409 e. The number of aliphatic hydroxyl groups is 1. The molecular formula is C21H21ClF7N5O3. The quantitative estimate of drug-likeness (QED) is 0.132. The van der Waals surface area contributed by atoms with Crippen LogP contribution in [0.3, 0.4) is 0 Å². The molecule has 0 aliphatic carbocycles. The first-order valence-corrected chi connectivity index (χ1v) is 10.6. The third-order valence-corrected chi connectivity index (χ3v) is 5.11. The summed E-state index contributed by atoms with van der Waals surface area (Å²) in [6, 6.07) is 0.0925. The fourth-order valence-corrected chi connectivity index (χ4v) is 3.01. The average molecular weight is 560 g/mol. The summed E-state index contributed by atoms with van der Waals surface area (Å²) in [6.45, 7) is -0.333. The average Bonchev–Trinajstić information content (AvgIpc) is 2.81. The van der Waals surface area contributed by atoms with Crippen LogP contribution in [-0.2, 0) is 12.4 Å². The topological polar surface area (TPSA) is 112 Å². The van der Waals surface area contributed by atoms with Gasteiger partial charge in [-0.3, -0.25) is 15.2 Å². The summed E-state index contributed by atoms with van der Waals surface area (Å²) in [7, 11) is 2.42. The Kier molecular flexibility index (Phi) is 9.57. The van der Waals surface area contributed by atoms with Gasteiger partial charge in [-0.05, 0) is 31.3 Å².